The number of nitrogens with one attached hydrogen (secondary N) is 1. The molecule has 3 heteroatoms. The molecule has 0 bridgehead atoms. The quantitative estimate of drug-likeness (QED) is 0.692. The first-order valence-electron chi connectivity index (χ1n) is 9.50. The van der Waals surface area contributed by atoms with Crippen molar-refractivity contribution < 1.29 is 9.21 Å². The van der Waals surface area contributed by atoms with Gasteiger partial charge in [-0.2, -0.15) is 0 Å². The zero-order valence-electron chi connectivity index (χ0n) is 15.8. The van der Waals surface area contributed by atoms with Crippen LogP contribution < -0.4 is 5.32 Å². The molecule has 1 aliphatic rings. The zero-order valence-corrected chi connectivity index (χ0v) is 15.8. The topological polar surface area (TPSA) is 42.2 Å². The van der Waals surface area contributed by atoms with Gasteiger partial charge in [0.15, 0.2) is 0 Å². The van der Waals surface area contributed by atoms with Gasteiger partial charge in [0.25, 0.3) is 0 Å². The summed E-state index contributed by atoms with van der Waals surface area (Å²) in [6, 6.07) is 21.9. The van der Waals surface area contributed by atoms with Gasteiger partial charge in [-0.3, -0.25) is 4.79 Å². The maximum atomic E-state index is 13.4. The van der Waals surface area contributed by atoms with Gasteiger partial charge in [0.05, 0.1) is 18.2 Å². The Morgan fingerprint density at radius 3 is 2.19 bits per heavy atom. The molecule has 1 heterocycles. The first-order valence-corrected chi connectivity index (χ1v) is 9.50. The number of carbonyl (C=O) groups is 1. The van der Waals surface area contributed by atoms with Crippen LogP contribution in [-0.2, 0) is 11.2 Å². The fraction of sp³-hybridized carbons (Fsp3) is 0.292. The van der Waals surface area contributed by atoms with Crippen molar-refractivity contribution in [3.05, 3.63) is 95.4 Å². The van der Waals surface area contributed by atoms with E-state index in [1.165, 1.54) is 0 Å². The van der Waals surface area contributed by atoms with Gasteiger partial charge in [-0.25, -0.2) is 0 Å². The smallest absolute Gasteiger partial charge is 0.232 e. The van der Waals surface area contributed by atoms with E-state index >= 15 is 0 Å². The van der Waals surface area contributed by atoms with Crippen molar-refractivity contribution in [1.82, 2.24) is 5.32 Å². The van der Waals surface area contributed by atoms with Gasteiger partial charge in [0.1, 0.15) is 5.76 Å². The molecule has 0 saturated heterocycles. The summed E-state index contributed by atoms with van der Waals surface area (Å²) in [6.45, 7) is 4.45. The average molecular weight is 359 g/mol. The zero-order chi connectivity index (χ0) is 18.9. The van der Waals surface area contributed by atoms with Crippen molar-refractivity contribution in [1.29, 1.82) is 0 Å². The third-order valence-corrected chi connectivity index (χ3v) is 5.40. The van der Waals surface area contributed by atoms with E-state index in [2.05, 4.69) is 19.2 Å². The van der Waals surface area contributed by atoms with E-state index in [1.54, 1.807) is 6.26 Å². The van der Waals surface area contributed by atoms with Crippen molar-refractivity contribution >= 4 is 5.91 Å². The maximum absolute atomic E-state index is 13.4. The predicted molar refractivity (Wildman–Crippen MR) is 106 cm³/mol. The van der Waals surface area contributed by atoms with Crippen molar-refractivity contribution in [3.63, 3.8) is 0 Å². The Hall–Kier alpha value is -2.81. The van der Waals surface area contributed by atoms with E-state index in [0.717, 1.165) is 35.3 Å². The molecule has 2 aromatic carbocycles. The van der Waals surface area contributed by atoms with Crippen molar-refractivity contribution in [2.45, 2.75) is 38.6 Å². The molecule has 1 aromatic heterocycles. The van der Waals surface area contributed by atoms with E-state index in [1.807, 2.05) is 66.7 Å². The number of carbonyl (C=O) groups excluding carboxylic acids is 1. The standard InChI is InChI=1S/C24H25NO2/c1-24(2)15-20(19-13-14-27-21(19)16-24)25-23(26)22(17-9-5-3-6-10-17)18-11-7-4-8-12-18/h3-14,20,22H,15-16H2,1-2H3,(H,25,26). The summed E-state index contributed by atoms with van der Waals surface area (Å²) in [5, 5.41) is 3.31. The molecule has 0 saturated carbocycles. The highest BCUT2D eigenvalue weighted by Gasteiger charge is 2.36. The molecule has 138 valence electrons. The lowest BCUT2D eigenvalue weighted by Gasteiger charge is -2.35. The van der Waals surface area contributed by atoms with Crippen LogP contribution in [-0.4, -0.2) is 5.91 Å². The molecule has 27 heavy (non-hydrogen) atoms. The van der Waals surface area contributed by atoms with Crippen molar-refractivity contribution in [2.24, 2.45) is 5.41 Å². The first-order chi connectivity index (χ1) is 13.0. The molecule has 3 aromatic rings. The molecule has 3 nitrogen and oxygen atoms in total. The SMILES string of the molecule is CC1(C)Cc2occc2C(NC(=O)C(c2ccccc2)c2ccccc2)C1. The normalized spacial score (nSPS) is 18.1. The molecule has 4 rings (SSSR count). The van der Waals surface area contributed by atoms with Gasteiger partial charge >= 0.3 is 0 Å². The number of furan rings is 1. The minimum atomic E-state index is -0.326. The molecule has 0 fully saturated rings. The van der Waals surface area contributed by atoms with Gasteiger partial charge < -0.3 is 9.73 Å². The van der Waals surface area contributed by atoms with Crippen LogP contribution in [0.5, 0.6) is 0 Å². The highest BCUT2D eigenvalue weighted by Crippen LogP contribution is 2.41. The Balaban J connectivity index is 1.66. The summed E-state index contributed by atoms with van der Waals surface area (Å²) < 4.78 is 5.68. The summed E-state index contributed by atoms with van der Waals surface area (Å²) in [6.07, 6.45) is 3.54. The average Bonchev–Trinajstić information content (AvgIpc) is 3.11. The number of benzene rings is 2. The van der Waals surface area contributed by atoms with Crippen LogP contribution in [0.1, 0.15) is 54.7 Å². The lowest BCUT2D eigenvalue weighted by atomic mass is 9.74. The van der Waals surface area contributed by atoms with Crippen LogP contribution >= 0.6 is 0 Å². The summed E-state index contributed by atoms with van der Waals surface area (Å²) in [5.41, 5.74) is 3.22. The minimum Gasteiger partial charge on any atom is -0.469 e. The number of fused-ring (bicyclic) bond motifs is 1. The lowest BCUT2D eigenvalue weighted by molar-refractivity contribution is -0.122. The Morgan fingerprint density at radius 1 is 1.00 bits per heavy atom. The second-order valence-corrected chi connectivity index (χ2v) is 8.16. The number of rotatable bonds is 4. The van der Waals surface area contributed by atoms with Crippen LogP contribution in [0.15, 0.2) is 77.4 Å². The highest BCUT2D eigenvalue weighted by atomic mass is 16.3. The predicted octanol–water partition coefficient (Wildman–Crippen LogP) is 5.24. The Labute approximate surface area is 160 Å². The van der Waals surface area contributed by atoms with E-state index in [9.17, 15) is 4.79 Å². The van der Waals surface area contributed by atoms with Crippen LogP contribution in [0.25, 0.3) is 0 Å². The monoisotopic (exact) mass is 359 g/mol. The Bertz CT molecular complexity index is 872. The maximum Gasteiger partial charge on any atom is 0.232 e. The second-order valence-electron chi connectivity index (χ2n) is 8.16. The van der Waals surface area contributed by atoms with Gasteiger partial charge in [-0.05, 0) is 29.0 Å². The van der Waals surface area contributed by atoms with Crippen LogP contribution in [0.4, 0.5) is 0 Å². The molecule has 1 unspecified atom stereocenters. The van der Waals surface area contributed by atoms with Gasteiger partial charge in [0.2, 0.25) is 5.91 Å². The van der Waals surface area contributed by atoms with E-state index in [-0.39, 0.29) is 23.3 Å². The second kappa shape index (κ2) is 7.07. The fourth-order valence-corrected chi connectivity index (χ4v) is 4.14. The highest BCUT2D eigenvalue weighted by molar-refractivity contribution is 5.87. The molecule has 1 amide bonds. The number of hydrogen-bond acceptors (Lipinski definition) is 2. The molecule has 1 atom stereocenters. The lowest BCUT2D eigenvalue weighted by Crippen LogP contribution is -2.38. The summed E-state index contributed by atoms with van der Waals surface area (Å²) >= 11 is 0. The molecule has 0 spiro atoms. The third kappa shape index (κ3) is 3.68. The first kappa shape index (κ1) is 17.6. The number of amides is 1. The van der Waals surface area contributed by atoms with Gasteiger partial charge in [-0.15, -0.1) is 0 Å². The van der Waals surface area contributed by atoms with Crippen molar-refractivity contribution in [3.8, 4) is 0 Å². The van der Waals surface area contributed by atoms with Crippen molar-refractivity contribution in [2.75, 3.05) is 0 Å². The van der Waals surface area contributed by atoms with Gasteiger partial charge in [-0.1, -0.05) is 74.5 Å². The molecular weight excluding hydrogens is 334 g/mol. The van der Waals surface area contributed by atoms with E-state index < -0.39 is 0 Å². The van der Waals surface area contributed by atoms with Gasteiger partial charge in [0, 0.05) is 12.0 Å². The van der Waals surface area contributed by atoms with Crippen LogP contribution in [0, 0.1) is 5.41 Å². The minimum absolute atomic E-state index is 0.0232. The summed E-state index contributed by atoms with van der Waals surface area (Å²) in [4.78, 5) is 13.4. The largest absolute Gasteiger partial charge is 0.469 e. The molecule has 0 aliphatic heterocycles. The molecule has 0 radical (unpaired) electrons. The fourth-order valence-electron chi connectivity index (χ4n) is 4.14. The number of hydrogen-bond donors (Lipinski definition) is 1. The van der Waals surface area contributed by atoms with Crippen LogP contribution in [0.2, 0.25) is 0 Å². The summed E-state index contributed by atoms with van der Waals surface area (Å²) in [7, 11) is 0. The molecule has 1 aliphatic carbocycles. The summed E-state index contributed by atoms with van der Waals surface area (Å²) in [5.74, 6) is 0.697. The van der Waals surface area contributed by atoms with Crippen LogP contribution in [0.3, 0.4) is 0 Å². The van der Waals surface area contributed by atoms with E-state index in [4.69, 9.17) is 4.42 Å². The Morgan fingerprint density at radius 2 is 1.59 bits per heavy atom. The van der Waals surface area contributed by atoms with E-state index in [0.29, 0.717) is 0 Å². The molecular formula is C24H25NO2. The third-order valence-electron chi connectivity index (χ3n) is 5.40. The molecule has 1 N–H and O–H groups in total. The Kier molecular flexibility index (Phi) is 4.61.